The molecular formula is C54H28F18N4O10. The summed E-state index contributed by atoms with van der Waals surface area (Å²) in [6.07, 6.45) is -15.0. The first-order chi connectivity index (χ1) is 40.7. The van der Waals surface area contributed by atoms with Crippen molar-refractivity contribution in [1.82, 2.24) is 19.9 Å². The molecule has 4 aliphatic rings. The molecule has 8 N–H and O–H groups in total. The van der Waals surface area contributed by atoms with E-state index < -0.39 is 268 Å². The number of aliphatic hydroxyl groups is 6. The summed E-state index contributed by atoms with van der Waals surface area (Å²) in [7, 11) is 0. The summed E-state index contributed by atoms with van der Waals surface area (Å²) in [4.78, 5) is 12.6. The van der Waals surface area contributed by atoms with Gasteiger partial charge in [0.2, 0.25) is 47.5 Å². The zero-order valence-electron chi connectivity index (χ0n) is 41.7. The highest BCUT2D eigenvalue weighted by Gasteiger charge is 2.44. The molecule has 0 amide bonds. The van der Waals surface area contributed by atoms with Gasteiger partial charge in [0.25, 0.3) is 0 Å². The Balaban J connectivity index is 1.29. The lowest BCUT2D eigenvalue weighted by Gasteiger charge is -2.35. The molecule has 86 heavy (non-hydrogen) atoms. The monoisotopic (exact) mass is 1230 g/mol. The van der Waals surface area contributed by atoms with Crippen LogP contribution in [-0.2, 0) is 9.47 Å². The number of hydrogen-bond acceptors (Lipinski definition) is 12. The van der Waals surface area contributed by atoms with Crippen molar-refractivity contribution in [3.8, 4) is 56.0 Å². The first kappa shape index (κ1) is 59.2. The van der Waals surface area contributed by atoms with E-state index in [0.29, 0.717) is 48.6 Å². The zero-order chi connectivity index (χ0) is 62.1. The smallest absolute Gasteiger partial charge is 0.229 e. The molecule has 0 saturated carbocycles. The van der Waals surface area contributed by atoms with Gasteiger partial charge < -0.3 is 59.6 Å². The van der Waals surface area contributed by atoms with Crippen LogP contribution in [0.5, 0.6) is 11.5 Å². The minimum atomic E-state index is -2.75. The van der Waals surface area contributed by atoms with Crippen molar-refractivity contribution in [1.29, 1.82) is 0 Å². The second-order valence-electron chi connectivity index (χ2n) is 19.0. The number of ether oxygens (including phenoxy) is 4. The van der Waals surface area contributed by atoms with Crippen LogP contribution in [0.25, 0.3) is 90.9 Å². The first-order valence-corrected chi connectivity index (χ1v) is 24.2. The Hall–Kier alpha value is -8.50. The van der Waals surface area contributed by atoms with E-state index >= 15 is 70.2 Å². The Kier molecular flexibility index (Phi) is 15.0. The van der Waals surface area contributed by atoms with E-state index in [0.717, 1.165) is 0 Å². The summed E-state index contributed by atoms with van der Waals surface area (Å²) < 4.78 is 308. The predicted octanol–water partition coefficient (Wildman–Crippen LogP) is 9.46. The molecule has 4 aliphatic heterocycles. The first-order valence-electron chi connectivity index (χ1n) is 24.2. The molecule has 7 heterocycles. The molecule has 0 radical (unpaired) electrons. The zero-order valence-corrected chi connectivity index (χ0v) is 41.7. The van der Waals surface area contributed by atoms with Crippen molar-refractivity contribution in [3.63, 3.8) is 0 Å². The average molecular weight is 1230 g/mol. The molecule has 4 aromatic carbocycles. The highest BCUT2D eigenvalue weighted by Crippen LogP contribution is 2.46. The number of nitrogens with one attached hydrogen (secondary N) is 2. The maximum Gasteiger partial charge on any atom is 0.229 e. The Morgan fingerprint density at radius 3 is 0.872 bits per heavy atom. The molecular weight excluding hydrogens is 1210 g/mol. The SMILES string of the molecule is OC1COC(Oc2c(F)c(F)c(-c3c4nc(c(-c5c(F)c(F)c(F)c(F)c5F)c5ccc([nH]5)c(-c5c(F)c(F)c(OC6OCC(O)C(O)C6O)c(F)c5F)c5ccc([nH]5)c(-c5c(F)c(F)c(F)c(F)c5F)c5nc3C=C5)C=C4)c(F)c2F)C(O)C1O. The lowest BCUT2D eigenvalue weighted by atomic mass is 9.99. The van der Waals surface area contributed by atoms with E-state index in [-0.39, 0.29) is 0 Å². The number of fused-ring (bicyclic) bond motifs is 8. The summed E-state index contributed by atoms with van der Waals surface area (Å²) in [6.45, 7) is -1.78. The van der Waals surface area contributed by atoms with Crippen molar-refractivity contribution in [2.24, 2.45) is 0 Å². The molecule has 14 nitrogen and oxygen atoms in total. The number of halogens is 18. The van der Waals surface area contributed by atoms with Crippen LogP contribution in [0.15, 0.2) is 24.3 Å². The van der Waals surface area contributed by atoms with Crippen molar-refractivity contribution >= 4 is 46.4 Å². The summed E-state index contributed by atoms with van der Waals surface area (Å²) in [6, 6.07) is 2.51. The summed E-state index contributed by atoms with van der Waals surface area (Å²) in [5, 5.41) is 60.6. The minimum absolute atomic E-state index is 0.578. The van der Waals surface area contributed by atoms with Gasteiger partial charge in [-0.1, -0.05) is 0 Å². The van der Waals surface area contributed by atoms with Gasteiger partial charge in [-0.3, -0.25) is 0 Å². The fourth-order valence-corrected chi connectivity index (χ4v) is 9.77. The molecule has 8 atom stereocenters. The summed E-state index contributed by atoms with van der Waals surface area (Å²) in [5.74, 6) is -50.7. The van der Waals surface area contributed by atoms with Crippen molar-refractivity contribution in [3.05, 3.63) is 152 Å². The van der Waals surface area contributed by atoms with Gasteiger partial charge in [0, 0.05) is 44.3 Å². The maximum absolute atomic E-state index is 16.9. The number of H-pyrrole nitrogens is 2. The molecule has 2 fully saturated rings. The molecule has 2 saturated heterocycles. The van der Waals surface area contributed by atoms with Gasteiger partial charge in [0.1, 0.15) is 36.6 Å². The number of aliphatic hydroxyl groups excluding tert-OH is 6. The van der Waals surface area contributed by atoms with Crippen molar-refractivity contribution in [2.75, 3.05) is 13.2 Å². The number of rotatable bonds is 8. The van der Waals surface area contributed by atoms with Crippen molar-refractivity contribution in [2.45, 2.75) is 49.2 Å². The van der Waals surface area contributed by atoms with E-state index in [1.54, 1.807) is 0 Å². The van der Waals surface area contributed by atoms with Gasteiger partial charge in [-0.25, -0.2) is 71.4 Å². The molecule has 11 rings (SSSR count). The van der Waals surface area contributed by atoms with Crippen LogP contribution in [0.2, 0.25) is 0 Å². The van der Waals surface area contributed by atoms with E-state index in [1.165, 1.54) is 0 Å². The summed E-state index contributed by atoms with van der Waals surface area (Å²) in [5.41, 5.74) is -21.1. The van der Waals surface area contributed by atoms with E-state index in [4.69, 9.17) is 18.9 Å². The number of hydrogen-bond donors (Lipinski definition) is 8. The predicted molar refractivity (Wildman–Crippen MR) is 257 cm³/mol. The Morgan fingerprint density at radius 2 is 0.558 bits per heavy atom. The largest absolute Gasteiger partial charge is 0.456 e. The third-order valence-electron chi connectivity index (χ3n) is 14.0. The highest BCUT2D eigenvalue weighted by atomic mass is 19.2. The van der Waals surface area contributed by atoms with E-state index in [1.807, 2.05) is 0 Å². The second-order valence-corrected chi connectivity index (χ2v) is 19.0. The van der Waals surface area contributed by atoms with E-state index in [2.05, 4.69) is 19.9 Å². The van der Waals surface area contributed by atoms with Gasteiger partial charge in [0.05, 0.1) is 58.2 Å². The van der Waals surface area contributed by atoms with Gasteiger partial charge in [-0.05, 0) is 48.6 Å². The summed E-state index contributed by atoms with van der Waals surface area (Å²) >= 11 is 0. The molecule has 0 aliphatic carbocycles. The van der Waals surface area contributed by atoms with Gasteiger partial charge in [0.15, 0.2) is 81.3 Å². The molecule has 0 spiro atoms. The van der Waals surface area contributed by atoms with Crippen LogP contribution in [0.3, 0.4) is 0 Å². The molecule has 8 unspecified atom stereocenters. The topological polar surface area (TPSA) is 216 Å². The Labute approximate surface area is 464 Å². The fraction of sp³-hybridized carbons (Fsp3) is 0.185. The van der Waals surface area contributed by atoms with Gasteiger partial charge in [-0.15, -0.1) is 0 Å². The Morgan fingerprint density at radius 1 is 0.314 bits per heavy atom. The highest BCUT2D eigenvalue weighted by molar-refractivity contribution is 6.01. The third-order valence-corrected chi connectivity index (χ3v) is 14.0. The maximum atomic E-state index is 16.9. The minimum Gasteiger partial charge on any atom is -0.456 e. The average Bonchev–Trinajstić information content (AvgIpc) is 1.51. The van der Waals surface area contributed by atoms with Crippen LogP contribution >= 0.6 is 0 Å². The van der Waals surface area contributed by atoms with Crippen molar-refractivity contribution < 1.29 is 129 Å². The third kappa shape index (κ3) is 9.19. The van der Waals surface area contributed by atoms with Crippen LogP contribution in [-0.4, -0.2) is 113 Å². The molecule has 3 aromatic heterocycles. The molecule has 32 heteroatoms. The number of nitrogens with zero attached hydrogens (tertiary/aromatic N) is 2. The van der Waals surface area contributed by atoms with Crippen LogP contribution in [0, 0.1) is 105 Å². The van der Waals surface area contributed by atoms with E-state index in [9.17, 15) is 39.4 Å². The second kappa shape index (κ2) is 21.8. The van der Waals surface area contributed by atoms with Gasteiger partial charge >= 0.3 is 0 Å². The van der Waals surface area contributed by atoms with Gasteiger partial charge in [-0.2, -0.15) is 17.6 Å². The lowest BCUT2D eigenvalue weighted by Crippen LogP contribution is -2.55. The number of aromatic amines is 2. The normalized spacial score (nSPS) is 21.2. The quantitative estimate of drug-likeness (QED) is 0.0406. The Bertz CT molecular complexity index is 4030. The fourth-order valence-electron chi connectivity index (χ4n) is 9.77. The lowest BCUT2D eigenvalue weighted by molar-refractivity contribution is -0.243. The molecule has 7 aromatic rings. The van der Waals surface area contributed by atoms with Crippen LogP contribution < -0.4 is 9.47 Å². The molecule has 8 bridgehead atoms. The van der Waals surface area contributed by atoms with Crippen LogP contribution in [0.4, 0.5) is 79.0 Å². The number of benzene rings is 4. The molecule has 450 valence electrons. The number of aromatic nitrogens is 4. The van der Waals surface area contributed by atoms with Crippen LogP contribution in [0.1, 0.15) is 22.8 Å². The standard InChI is InChI=1S/C54H28F18N4O10/c55-29-25(30(56)38(64)41(67)37(29)63)21-11-1-5-15(73-11)23(27-33(59)43(69)51(44(70)34(27)60)85-53-49(81)47(79)19(77)9-83-53)16-7-3-13(75-16)22(26-31(57)39(65)42(68)40(66)32(26)58)14-4-8-18(76-14)24(17-6-2-12(21)74-17)28-35(61)45(71)52(46(72)36(28)62)86-54-50(82)48(80)20(78)10-84-54/h1-8,19-20,47-50,53-54,73,75,77-82H,9-10H2.